The maximum atomic E-state index is 12.0. The minimum atomic E-state index is -0.186. The van der Waals surface area contributed by atoms with Gasteiger partial charge in [-0.2, -0.15) is 0 Å². The van der Waals surface area contributed by atoms with Crippen molar-refractivity contribution in [3.8, 4) is 0 Å². The van der Waals surface area contributed by atoms with Gasteiger partial charge >= 0.3 is 0 Å². The lowest BCUT2D eigenvalue weighted by atomic mass is 10.2. The molecule has 0 radical (unpaired) electrons. The highest BCUT2D eigenvalue weighted by Gasteiger charge is 2.12. The summed E-state index contributed by atoms with van der Waals surface area (Å²) in [5.74, 6) is 1.84. The van der Waals surface area contributed by atoms with Gasteiger partial charge in [-0.15, -0.1) is 0 Å². The number of aryl methyl sites for hydroxylation is 1. The third-order valence-electron chi connectivity index (χ3n) is 4.43. The molecule has 7 heteroatoms. The van der Waals surface area contributed by atoms with Gasteiger partial charge in [-0.3, -0.25) is 9.79 Å². The number of hydrogen-bond acceptors (Lipinski definition) is 4. The molecule has 0 aliphatic heterocycles. The number of nitrogens with zero attached hydrogens (tertiary/aromatic N) is 2. The van der Waals surface area contributed by atoms with Gasteiger partial charge in [0.1, 0.15) is 11.3 Å². The standard InChI is InChI=1S/C21H26N4O3/c1-15-9-12-27-19(15)20(26)23-10-6-11-24-21(22-2)25(3)14-17-13-16-7-4-5-8-18(16)28-17/h4-5,7-9,12-13H,6,10-11,14H2,1-3H3,(H,22,24)(H,23,26). The Morgan fingerprint density at radius 2 is 1.96 bits per heavy atom. The summed E-state index contributed by atoms with van der Waals surface area (Å²) in [6, 6.07) is 11.8. The summed E-state index contributed by atoms with van der Waals surface area (Å²) in [5, 5.41) is 7.26. The summed E-state index contributed by atoms with van der Waals surface area (Å²) in [4.78, 5) is 18.3. The van der Waals surface area contributed by atoms with Crippen molar-refractivity contribution in [2.24, 2.45) is 4.99 Å². The minimum absolute atomic E-state index is 0.186. The molecule has 0 bridgehead atoms. The average molecular weight is 382 g/mol. The Labute approximate surface area is 164 Å². The molecule has 1 amide bonds. The number of carbonyl (C=O) groups is 1. The molecular weight excluding hydrogens is 356 g/mol. The molecule has 3 rings (SSSR count). The van der Waals surface area contributed by atoms with Crippen molar-refractivity contribution in [3.63, 3.8) is 0 Å². The summed E-state index contributed by atoms with van der Waals surface area (Å²) in [5.41, 5.74) is 1.72. The van der Waals surface area contributed by atoms with Crippen LogP contribution in [0.15, 0.2) is 56.5 Å². The first kappa shape index (κ1) is 19.5. The molecule has 0 aliphatic rings. The number of rotatable bonds is 7. The van der Waals surface area contributed by atoms with Crippen molar-refractivity contribution in [3.05, 3.63) is 59.7 Å². The molecular formula is C21H26N4O3. The third-order valence-corrected chi connectivity index (χ3v) is 4.43. The largest absolute Gasteiger partial charge is 0.459 e. The molecule has 2 aromatic heterocycles. The number of aliphatic imine (C=N–C) groups is 1. The van der Waals surface area contributed by atoms with Crippen LogP contribution >= 0.6 is 0 Å². The van der Waals surface area contributed by atoms with Crippen LogP contribution in [-0.2, 0) is 6.54 Å². The Bertz CT molecular complexity index is 924. The van der Waals surface area contributed by atoms with Gasteiger partial charge in [-0.25, -0.2) is 0 Å². The van der Waals surface area contributed by atoms with Gasteiger partial charge in [0.2, 0.25) is 0 Å². The Balaban J connectivity index is 1.42. The van der Waals surface area contributed by atoms with E-state index in [1.54, 1.807) is 13.1 Å². The highest BCUT2D eigenvalue weighted by Crippen LogP contribution is 2.19. The number of furan rings is 2. The second kappa shape index (κ2) is 9.12. The van der Waals surface area contributed by atoms with E-state index >= 15 is 0 Å². The van der Waals surface area contributed by atoms with Gasteiger partial charge in [0.25, 0.3) is 5.91 Å². The van der Waals surface area contributed by atoms with E-state index in [1.165, 1.54) is 6.26 Å². The minimum Gasteiger partial charge on any atom is -0.459 e. The first-order valence-corrected chi connectivity index (χ1v) is 9.30. The molecule has 0 saturated carbocycles. The predicted molar refractivity (Wildman–Crippen MR) is 109 cm³/mol. The van der Waals surface area contributed by atoms with Crippen LogP contribution in [0.4, 0.5) is 0 Å². The summed E-state index contributed by atoms with van der Waals surface area (Å²) >= 11 is 0. The lowest BCUT2D eigenvalue weighted by Gasteiger charge is -2.21. The zero-order chi connectivity index (χ0) is 19.9. The number of hydrogen-bond donors (Lipinski definition) is 2. The van der Waals surface area contributed by atoms with E-state index in [9.17, 15) is 4.79 Å². The van der Waals surface area contributed by atoms with Crippen molar-refractivity contribution in [1.29, 1.82) is 0 Å². The molecule has 0 spiro atoms. The number of para-hydroxylation sites is 1. The number of benzene rings is 1. The quantitative estimate of drug-likeness (QED) is 0.373. The average Bonchev–Trinajstić information content (AvgIpc) is 3.29. The first-order valence-electron chi connectivity index (χ1n) is 9.30. The zero-order valence-corrected chi connectivity index (χ0v) is 16.5. The van der Waals surface area contributed by atoms with E-state index in [-0.39, 0.29) is 5.91 Å². The van der Waals surface area contributed by atoms with E-state index in [0.29, 0.717) is 25.4 Å². The van der Waals surface area contributed by atoms with Crippen molar-refractivity contribution < 1.29 is 13.6 Å². The molecule has 0 atom stereocenters. The van der Waals surface area contributed by atoms with Gasteiger partial charge in [-0.05, 0) is 31.5 Å². The van der Waals surface area contributed by atoms with Gasteiger partial charge in [-0.1, -0.05) is 18.2 Å². The summed E-state index contributed by atoms with van der Waals surface area (Å²) < 4.78 is 11.1. The fraction of sp³-hybridized carbons (Fsp3) is 0.333. The van der Waals surface area contributed by atoms with Crippen molar-refractivity contribution in [2.75, 3.05) is 27.2 Å². The fourth-order valence-corrected chi connectivity index (χ4v) is 2.98. The summed E-state index contributed by atoms with van der Waals surface area (Å²) in [6.45, 7) is 3.70. The predicted octanol–water partition coefficient (Wildman–Crippen LogP) is 3.16. The van der Waals surface area contributed by atoms with Crippen LogP contribution in [0.2, 0.25) is 0 Å². The fourth-order valence-electron chi connectivity index (χ4n) is 2.98. The van der Waals surface area contributed by atoms with Crippen LogP contribution in [0.3, 0.4) is 0 Å². The molecule has 0 fully saturated rings. The normalized spacial score (nSPS) is 11.6. The number of amides is 1. The Morgan fingerprint density at radius 1 is 1.18 bits per heavy atom. The number of carbonyl (C=O) groups excluding carboxylic acids is 1. The molecule has 1 aromatic carbocycles. The van der Waals surface area contributed by atoms with Crippen LogP contribution in [0.1, 0.15) is 28.3 Å². The van der Waals surface area contributed by atoms with Crippen molar-refractivity contribution in [1.82, 2.24) is 15.5 Å². The smallest absolute Gasteiger partial charge is 0.287 e. The van der Waals surface area contributed by atoms with E-state index < -0.39 is 0 Å². The Hall–Kier alpha value is -3.22. The topological polar surface area (TPSA) is 83.0 Å². The number of fused-ring (bicyclic) bond motifs is 1. The Morgan fingerprint density at radius 3 is 2.68 bits per heavy atom. The molecule has 2 N–H and O–H groups in total. The van der Waals surface area contributed by atoms with Gasteiger partial charge < -0.3 is 24.4 Å². The van der Waals surface area contributed by atoms with Crippen molar-refractivity contribution in [2.45, 2.75) is 19.9 Å². The SMILES string of the molecule is CN=C(NCCCNC(=O)c1occc1C)N(C)Cc1cc2ccccc2o1. The van der Waals surface area contributed by atoms with Crippen LogP contribution < -0.4 is 10.6 Å². The van der Waals surface area contributed by atoms with E-state index in [0.717, 1.165) is 34.7 Å². The van der Waals surface area contributed by atoms with Crippen molar-refractivity contribution >= 4 is 22.8 Å². The second-order valence-electron chi connectivity index (χ2n) is 6.62. The van der Waals surface area contributed by atoms with Crippen LogP contribution in [-0.4, -0.2) is 44.0 Å². The van der Waals surface area contributed by atoms with E-state index in [1.807, 2.05) is 49.2 Å². The molecule has 148 valence electrons. The molecule has 0 saturated heterocycles. The maximum absolute atomic E-state index is 12.0. The highest BCUT2D eigenvalue weighted by molar-refractivity contribution is 5.92. The number of guanidine groups is 1. The monoisotopic (exact) mass is 382 g/mol. The van der Waals surface area contributed by atoms with Gasteiger partial charge in [0.05, 0.1) is 12.8 Å². The second-order valence-corrected chi connectivity index (χ2v) is 6.62. The Kier molecular flexibility index (Phi) is 6.37. The molecule has 0 aliphatic carbocycles. The molecule has 2 heterocycles. The molecule has 3 aromatic rings. The summed E-state index contributed by atoms with van der Waals surface area (Å²) in [7, 11) is 3.71. The third kappa shape index (κ3) is 4.73. The summed E-state index contributed by atoms with van der Waals surface area (Å²) in [6.07, 6.45) is 2.29. The molecule has 7 nitrogen and oxygen atoms in total. The van der Waals surface area contributed by atoms with Crippen LogP contribution in [0, 0.1) is 6.92 Å². The van der Waals surface area contributed by atoms with E-state index in [2.05, 4.69) is 15.6 Å². The lowest BCUT2D eigenvalue weighted by Crippen LogP contribution is -2.39. The lowest BCUT2D eigenvalue weighted by molar-refractivity contribution is 0.0925. The maximum Gasteiger partial charge on any atom is 0.287 e. The molecule has 28 heavy (non-hydrogen) atoms. The number of nitrogens with one attached hydrogen (secondary N) is 2. The van der Waals surface area contributed by atoms with Gasteiger partial charge in [0, 0.05) is 38.1 Å². The first-order chi connectivity index (χ1) is 13.6. The molecule has 0 unspecified atom stereocenters. The van der Waals surface area contributed by atoms with E-state index in [4.69, 9.17) is 8.83 Å². The van der Waals surface area contributed by atoms with Crippen LogP contribution in [0.5, 0.6) is 0 Å². The highest BCUT2D eigenvalue weighted by atomic mass is 16.3. The van der Waals surface area contributed by atoms with Crippen LogP contribution in [0.25, 0.3) is 11.0 Å². The zero-order valence-electron chi connectivity index (χ0n) is 16.5. The van der Waals surface area contributed by atoms with Gasteiger partial charge in [0.15, 0.2) is 11.7 Å².